The van der Waals surface area contributed by atoms with E-state index < -0.39 is 25.7 Å². The van der Waals surface area contributed by atoms with E-state index in [9.17, 15) is 17.4 Å². The number of hydrogen-bond acceptors (Lipinski definition) is 5. The molecule has 4 rings (SSSR count). The average molecular weight is 427 g/mol. The molecular formula is C19H26N2O5S2. The monoisotopic (exact) mass is 426 g/mol. The molecule has 1 unspecified atom stereocenters. The first-order chi connectivity index (χ1) is 13.4. The average Bonchev–Trinajstić information content (AvgIpc) is 3.29. The number of carbonyl (C=O) groups is 1. The molecule has 1 aromatic rings. The molecule has 0 radical (unpaired) electrons. The van der Waals surface area contributed by atoms with Crippen LogP contribution in [0.5, 0.6) is 5.75 Å². The third-order valence-corrected chi connectivity index (χ3v) is 10.2. The molecule has 2 heterocycles. The fourth-order valence-electron chi connectivity index (χ4n) is 4.79. The van der Waals surface area contributed by atoms with Crippen molar-refractivity contribution in [3.8, 4) is 5.75 Å². The number of rotatable bonds is 4. The van der Waals surface area contributed by atoms with Crippen molar-refractivity contribution >= 4 is 26.7 Å². The third-order valence-electron chi connectivity index (χ3n) is 6.28. The highest BCUT2D eigenvalue weighted by Crippen LogP contribution is 2.43. The number of ether oxygens (including phenoxy) is 1. The van der Waals surface area contributed by atoms with Crippen molar-refractivity contribution in [3.63, 3.8) is 0 Å². The maximum absolute atomic E-state index is 13.0. The van der Waals surface area contributed by atoms with Crippen LogP contribution in [0.1, 0.15) is 38.5 Å². The zero-order chi connectivity index (χ0) is 19.9. The van der Waals surface area contributed by atoms with E-state index in [0.29, 0.717) is 18.6 Å². The normalized spacial score (nSPS) is 26.2. The van der Waals surface area contributed by atoms with Crippen LogP contribution in [0.25, 0.3) is 0 Å². The van der Waals surface area contributed by atoms with Crippen LogP contribution in [0.3, 0.4) is 0 Å². The molecule has 0 N–H and O–H groups in total. The number of piperidine rings is 1. The first kappa shape index (κ1) is 19.8. The van der Waals surface area contributed by atoms with Crippen molar-refractivity contribution < 1.29 is 22.2 Å². The Kier molecular flexibility index (Phi) is 5.26. The zero-order valence-electron chi connectivity index (χ0n) is 16.0. The molecular weight excluding hydrogens is 400 g/mol. The summed E-state index contributed by atoms with van der Waals surface area (Å²) in [5, 5.41) is 0. The van der Waals surface area contributed by atoms with Crippen molar-refractivity contribution in [3.05, 3.63) is 24.3 Å². The van der Waals surface area contributed by atoms with Crippen molar-refractivity contribution in [1.82, 2.24) is 9.21 Å². The molecule has 9 heteroatoms. The predicted octanol–water partition coefficient (Wildman–Crippen LogP) is 1.71. The quantitative estimate of drug-likeness (QED) is 0.732. The maximum Gasteiger partial charge on any atom is 0.243 e. The Bertz CT molecular complexity index is 870. The number of benzene rings is 1. The van der Waals surface area contributed by atoms with Crippen molar-refractivity contribution in [2.24, 2.45) is 0 Å². The number of carbonyl (C=O) groups excluding carboxylic acids is 1. The number of amides is 1. The molecule has 1 spiro atoms. The molecule has 1 amide bonds. The van der Waals surface area contributed by atoms with Gasteiger partial charge < -0.3 is 9.64 Å². The van der Waals surface area contributed by atoms with Gasteiger partial charge in [0.2, 0.25) is 15.9 Å². The van der Waals surface area contributed by atoms with Crippen LogP contribution < -0.4 is 4.74 Å². The van der Waals surface area contributed by atoms with Crippen molar-refractivity contribution in [2.75, 3.05) is 26.0 Å². The van der Waals surface area contributed by atoms with Crippen molar-refractivity contribution in [2.45, 2.75) is 54.3 Å². The third kappa shape index (κ3) is 3.17. The van der Waals surface area contributed by atoms with Crippen LogP contribution in [-0.2, 0) is 25.6 Å². The summed E-state index contributed by atoms with van der Waals surface area (Å²) in [5.74, 6) is 0.641. The zero-order valence-corrected chi connectivity index (χ0v) is 17.6. The summed E-state index contributed by atoms with van der Waals surface area (Å²) in [6.45, 7) is 0.549. The molecule has 3 aliphatic rings. The predicted molar refractivity (Wildman–Crippen MR) is 106 cm³/mol. The SMILES string of the molecule is COc1ccc(S(=O)(=O)N2CCC3(CC2)N(C2CCCC2)C(=O)CS3=O)cc1. The van der Waals surface area contributed by atoms with E-state index in [1.54, 1.807) is 24.3 Å². The molecule has 1 aromatic carbocycles. The first-order valence-corrected chi connectivity index (χ1v) is 12.5. The highest BCUT2D eigenvalue weighted by molar-refractivity contribution is 7.89. The topological polar surface area (TPSA) is 84.0 Å². The second-order valence-electron chi connectivity index (χ2n) is 7.72. The summed E-state index contributed by atoms with van der Waals surface area (Å²) in [6.07, 6.45) is 4.95. The first-order valence-electron chi connectivity index (χ1n) is 9.73. The lowest BCUT2D eigenvalue weighted by atomic mass is 10.0. The van der Waals surface area contributed by atoms with Gasteiger partial charge in [-0.1, -0.05) is 12.8 Å². The fourth-order valence-corrected chi connectivity index (χ4v) is 7.97. The highest BCUT2D eigenvalue weighted by Gasteiger charge is 2.56. The summed E-state index contributed by atoms with van der Waals surface area (Å²) in [6, 6.07) is 6.50. The van der Waals surface area contributed by atoms with E-state index in [-0.39, 0.29) is 35.7 Å². The van der Waals surface area contributed by atoms with Gasteiger partial charge in [-0.15, -0.1) is 0 Å². The minimum Gasteiger partial charge on any atom is -0.497 e. The van der Waals surface area contributed by atoms with E-state index in [1.807, 2.05) is 4.90 Å². The standard InChI is InChI=1S/C19H26N2O5S2/c1-26-16-6-8-17(9-7-16)28(24,25)20-12-10-19(11-13-20)21(15-4-2-3-5-15)18(22)14-27(19)23/h6-9,15H,2-5,10-14H2,1H3. The van der Waals surface area contributed by atoms with Gasteiger partial charge >= 0.3 is 0 Å². The summed E-state index contributed by atoms with van der Waals surface area (Å²) in [5.41, 5.74) is 0. The number of nitrogens with zero attached hydrogens (tertiary/aromatic N) is 2. The molecule has 0 bridgehead atoms. The molecule has 7 nitrogen and oxygen atoms in total. The summed E-state index contributed by atoms with van der Waals surface area (Å²) < 4.78 is 45.4. The highest BCUT2D eigenvalue weighted by atomic mass is 32.2. The molecule has 1 atom stereocenters. The van der Waals surface area contributed by atoms with Crippen LogP contribution >= 0.6 is 0 Å². The van der Waals surface area contributed by atoms with Crippen LogP contribution in [0, 0.1) is 0 Å². The van der Waals surface area contributed by atoms with Gasteiger partial charge in [-0.2, -0.15) is 4.31 Å². The lowest BCUT2D eigenvalue weighted by molar-refractivity contribution is -0.133. The molecule has 3 fully saturated rings. The minimum atomic E-state index is -3.63. The second kappa shape index (κ2) is 7.42. The number of hydrogen-bond donors (Lipinski definition) is 0. The largest absolute Gasteiger partial charge is 0.497 e. The van der Waals surface area contributed by atoms with Crippen LogP contribution in [0.2, 0.25) is 0 Å². The molecule has 28 heavy (non-hydrogen) atoms. The smallest absolute Gasteiger partial charge is 0.243 e. The molecule has 2 saturated heterocycles. The van der Waals surface area contributed by atoms with E-state index in [2.05, 4.69) is 0 Å². The maximum atomic E-state index is 13.0. The van der Waals surface area contributed by atoms with Crippen LogP contribution in [0.4, 0.5) is 0 Å². The lowest BCUT2D eigenvalue weighted by Gasteiger charge is -2.45. The van der Waals surface area contributed by atoms with E-state index in [4.69, 9.17) is 4.74 Å². The Balaban J connectivity index is 1.54. The van der Waals surface area contributed by atoms with E-state index in [1.165, 1.54) is 11.4 Å². The second-order valence-corrected chi connectivity index (χ2v) is 11.4. The van der Waals surface area contributed by atoms with Gasteiger partial charge in [-0.05, 0) is 49.9 Å². The van der Waals surface area contributed by atoms with Gasteiger partial charge in [0.1, 0.15) is 16.4 Å². The van der Waals surface area contributed by atoms with Crippen LogP contribution in [-0.4, -0.2) is 64.6 Å². The summed E-state index contributed by atoms with van der Waals surface area (Å²) in [7, 11) is -3.37. The van der Waals surface area contributed by atoms with Crippen molar-refractivity contribution in [1.29, 1.82) is 0 Å². The Morgan fingerprint density at radius 2 is 1.71 bits per heavy atom. The lowest BCUT2D eigenvalue weighted by Crippen LogP contribution is -2.58. The Hall–Kier alpha value is -1.45. The molecule has 1 aliphatic carbocycles. The Labute approximate surface area is 168 Å². The van der Waals surface area contributed by atoms with E-state index >= 15 is 0 Å². The Morgan fingerprint density at radius 1 is 1.11 bits per heavy atom. The molecule has 0 aromatic heterocycles. The van der Waals surface area contributed by atoms with Gasteiger partial charge in [0.25, 0.3) is 0 Å². The minimum absolute atomic E-state index is 0.0308. The van der Waals surface area contributed by atoms with Gasteiger partial charge in [-0.25, -0.2) is 8.42 Å². The fraction of sp³-hybridized carbons (Fsp3) is 0.632. The molecule has 2 aliphatic heterocycles. The van der Waals surface area contributed by atoms with Gasteiger partial charge in [0.05, 0.1) is 22.8 Å². The van der Waals surface area contributed by atoms with E-state index in [0.717, 1.165) is 25.7 Å². The van der Waals surface area contributed by atoms with Gasteiger partial charge in [0, 0.05) is 19.1 Å². The number of methoxy groups -OCH3 is 1. The summed E-state index contributed by atoms with van der Waals surface area (Å²) in [4.78, 5) is 14.0. The number of sulfonamides is 1. The van der Waals surface area contributed by atoms with Gasteiger partial charge in [0.15, 0.2) is 0 Å². The Morgan fingerprint density at radius 3 is 2.29 bits per heavy atom. The van der Waals surface area contributed by atoms with Crippen LogP contribution in [0.15, 0.2) is 29.2 Å². The molecule has 1 saturated carbocycles. The summed E-state index contributed by atoms with van der Waals surface area (Å²) >= 11 is 0. The molecule has 154 valence electrons. The van der Waals surface area contributed by atoms with Gasteiger partial charge in [-0.3, -0.25) is 9.00 Å².